The Morgan fingerprint density at radius 2 is 1.61 bits per heavy atom. The summed E-state index contributed by atoms with van der Waals surface area (Å²) in [4.78, 5) is 14.7. The van der Waals surface area contributed by atoms with Crippen LogP contribution >= 0.6 is 24.0 Å². The van der Waals surface area contributed by atoms with E-state index < -0.39 is 14.8 Å². The molecule has 0 aliphatic rings. The molecule has 0 spiro atoms. The van der Waals surface area contributed by atoms with Crippen molar-refractivity contribution >= 4 is 45.5 Å². The third-order valence-electron chi connectivity index (χ3n) is 3.93. The number of guanidine groups is 1. The molecular formula is C18H23IN4O4S. The summed E-state index contributed by atoms with van der Waals surface area (Å²) in [6.07, 6.45) is 1.19. The number of nitrogens with zero attached hydrogens (tertiary/aromatic N) is 2. The molecule has 2 aromatic rings. The van der Waals surface area contributed by atoms with Gasteiger partial charge >= 0.3 is 0 Å². The van der Waals surface area contributed by atoms with Gasteiger partial charge < -0.3 is 10.6 Å². The monoisotopic (exact) mass is 518 g/mol. The van der Waals surface area contributed by atoms with Crippen molar-refractivity contribution in [2.45, 2.75) is 24.9 Å². The van der Waals surface area contributed by atoms with Gasteiger partial charge in [0.25, 0.3) is 5.69 Å². The molecule has 8 nitrogen and oxygen atoms in total. The molecule has 2 N–H and O–H groups in total. The number of hydrogen-bond donors (Lipinski definition) is 2. The minimum Gasteiger partial charge on any atom is -0.352 e. The fourth-order valence-electron chi connectivity index (χ4n) is 2.57. The first-order valence-electron chi connectivity index (χ1n) is 8.18. The van der Waals surface area contributed by atoms with Crippen LogP contribution in [0.1, 0.15) is 16.7 Å². The van der Waals surface area contributed by atoms with Crippen LogP contribution in [0.3, 0.4) is 0 Å². The van der Waals surface area contributed by atoms with Gasteiger partial charge in [-0.25, -0.2) is 8.42 Å². The standard InChI is InChI=1S/C18H22N4O4S.HI/c1-13-10-15(6-9-17(13)27(3,25)26)12-21-18(19-2)20-11-14-4-7-16(8-5-14)22(23)24;/h4-10H,11-12H2,1-3H3,(H2,19,20,21);1H. The fourth-order valence-corrected chi connectivity index (χ4v) is 3.52. The van der Waals surface area contributed by atoms with Crippen molar-refractivity contribution in [2.24, 2.45) is 4.99 Å². The van der Waals surface area contributed by atoms with Crippen molar-refractivity contribution in [1.82, 2.24) is 10.6 Å². The lowest BCUT2D eigenvalue weighted by atomic mass is 10.1. The fraction of sp³-hybridized carbons (Fsp3) is 0.278. The van der Waals surface area contributed by atoms with Gasteiger partial charge in [0.1, 0.15) is 0 Å². The number of hydrogen-bond acceptors (Lipinski definition) is 5. The van der Waals surface area contributed by atoms with Crippen LogP contribution in [0.2, 0.25) is 0 Å². The minimum absolute atomic E-state index is 0. The van der Waals surface area contributed by atoms with Gasteiger partial charge in [0.05, 0.1) is 9.82 Å². The van der Waals surface area contributed by atoms with Crippen LogP contribution in [-0.4, -0.2) is 32.6 Å². The number of halogens is 1. The predicted octanol–water partition coefficient (Wildman–Crippen LogP) is 2.79. The van der Waals surface area contributed by atoms with Gasteiger partial charge in [-0.1, -0.05) is 24.3 Å². The highest BCUT2D eigenvalue weighted by atomic mass is 127. The average molecular weight is 518 g/mol. The van der Waals surface area contributed by atoms with Crippen molar-refractivity contribution in [3.8, 4) is 0 Å². The molecular weight excluding hydrogens is 495 g/mol. The van der Waals surface area contributed by atoms with Crippen LogP contribution in [0, 0.1) is 17.0 Å². The molecule has 0 radical (unpaired) electrons. The third-order valence-corrected chi connectivity index (χ3v) is 5.19. The Labute approximate surface area is 181 Å². The molecule has 28 heavy (non-hydrogen) atoms. The van der Waals surface area contributed by atoms with E-state index in [1.165, 1.54) is 18.4 Å². The van der Waals surface area contributed by atoms with Crippen LogP contribution in [0.5, 0.6) is 0 Å². The van der Waals surface area contributed by atoms with Gasteiger partial charge in [0.15, 0.2) is 15.8 Å². The Kier molecular flexibility index (Phi) is 8.82. The molecule has 0 bridgehead atoms. The summed E-state index contributed by atoms with van der Waals surface area (Å²) in [5, 5.41) is 17.0. The topological polar surface area (TPSA) is 114 Å². The van der Waals surface area contributed by atoms with Crippen molar-refractivity contribution in [3.63, 3.8) is 0 Å². The zero-order valence-electron chi connectivity index (χ0n) is 15.8. The Balaban J connectivity index is 0.00000392. The summed E-state index contributed by atoms with van der Waals surface area (Å²) < 4.78 is 23.3. The second-order valence-electron chi connectivity index (χ2n) is 6.07. The zero-order valence-corrected chi connectivity index (χ0v) is 18.9. The Hall–Kier alpha value is -2.21. The molecule has 2 rings (SSSR count). The molecule has 0 saturated heterocycles. The van der Waals surface area contributed by atoms with Gasteiger partial charge in [0.2, 0.25) is 0 Å². The SMILES string of the molecule is CN=C(NCc1ccc([N+](=O)[O-])cc1)NCc1ccc(S(C)(=O)=O)c(C)c1.I. The van der Waals surface area contributed by atoms with Crippen LogP contribution < -0.4 is 10.6 Å². The van der Waals surface area contributed by atoms with Crippen molar-refractivity contribution in [2.75, 3.05) is 13.3 Å². The molecule has 0 aliphatic heterocycles. The Morgan fingerprint density at radius 1 is 1.07 bits per heavy atom. The van der Waals surface area contributed by atoms with Crippen LogP contribution in [0.15, 0.2) is 52.4 Å². The molecule has 0 amide bonds. The summed E-state index contributed by atoms with van der Waals surface area (Å²) >= 11 is 0. The number of nitro groups is 1. The first-order chi connectivity index (χ1) is 12.7. The molecule has 0 aromatic heterocycles. The molecule has 0 aliphatic carbocycles. The third kappa shape index (κ3) is 6.75. The number of sulfone groups is 1. The molecule has 0 heterocycles. The lowest BCUT2D eigenvalue weighted by Crippen LogP contribution is -2.36. The van der Waals surface area contributed by atoms with E-state index in [9.17, 15) is 18.5 Å². The van der Waals surface area contributed by atoms with Crippen molar-refractivity contribution in [1.29, 1.82) is 0 Å². The van der Waals surface area contributed by atoms with Crippen LogP contribution in [-0.2, 0) is 22.9 Å². The van der Waals surface area contributed by atoms with Gasteiger partial charge in [-0.05, 0) is 29.7 Å². The summed E-state index contributed by atoms with van der Waals surface area (Å²) in [5.74, 6) is 0.568. The first kappa shape index (κ1) is 23.8. The summed E-state index contributed by atoms with van der Waals surface area (Å²) in [7, 11) is -1.59. The highest BCUT2D eigenvalue weighted by Crippen LogP contribution is 2.16. The average Bonchev–Trinajstić information content (AvgIpc) is 2.61. The van der Waals surface area contributed by atoms with Crippen molar-refractivity contribution < 1.29 is 13.3 Å². The number of nitro benzene ring substituents is 1. The number of non-ortho nitro benzene ring substituents is 1. The van der Waals surface area contributed by atoms with Crippen LogP contribution in [0.25, 0.3) is 0 Å². The van der Waals surface area contributed by atoms with Crippen LogP contribution in [0.4, 0.5) is 5.69 Å². The van der Waals surface area contributed by atoms with E-state index in [0.717, 1.165) is 11.1 Å². The molecule has 0 unspecified atom stereocenters. The van der Waals surface area contributed by atoms with Crippen molar-refractivity contribution in [3.05, 3.63) is 69.3 Å². The summed E-state index contributed by atoms with van der Waals surface area (Å²) in [6, 6.07) is 11.5. The highest BCUT2D eigenvalue weighted by molar-refractivity contribution is 14.0. The molecule has 0 fully saturated rings. The van der Waals surface area contributed by atoms with E-state index >= 15 is 0 Å². The molecule has 0 atom stereocenters. The number of nitrogens with one attached hydrogen (secondary N) is 2. The van der Waals surface area contributed by atoms with E-state index in [1.807, 2.05) is 6.07 Å². The normalized spacial score (nSPS) is 11.5. The van der Waals surface area contributed by atoms with E-state index in [4.69, 9.17) is 0 Å². The molecule has 152 valence electrons. The predicted molar refractivity (Wildman–Crippen MR) is 120 cm³/mol. The second-order valence-corrected chi connectivity index (χ2v) is 8.06. The maximum absolute atomic E-state index is 11.7. The zero-order chi connectivity index (χ0) is 20.0. The number of rotatable bonds is 6. The second kappa shape index (κ2) is 10.4. The maximum atomic E-state index is 11.7. The van der Waals surface area contributed by atoms with Gasteiger partial charge in [-0.2, -0.15) is 0 Å². The van der Waals surface area contributed by atoms with Gasteiger partial charge in [-0.15, -0.1) is 24.0 Å². The Bertz CT molecular complexity index is 960. The molecule has 2 aromatic carbocycles. The van der Waals surface area contributed by atoms with E-state index in [1.54, 1.807) is 38.2 Å². The summed E-state index contributed by atoms with van der Waals surface area (Å²) in [6.45, 7) is 2.70. The van der Waals surface area contributed by atoms with E-state index in [2.05, 4.69) is 15.6 Å². The molecule has 0 saturated carbocycles. The summed E-state index contributed by atoms with van der Waals surface area (Å²) in [5.41, 5.74) is 2.56. The quantitative estimate of drug-likeness (QED) is 0.200. The van der Waals surface area contributed by atoms with E-state index in [-0.39, 0.29) is 29.7 Å². The highest BCUT2D eigenvalue weighted by Gasteiger charge is 2.11. The lowest BCUT2D eigenvalue weighted by molar-refractivity contribution is -0.384. The largest absolute Gasteiger partial charge is 0.352 e. The number of benzene rings is 2. The lowest BCUT2D eigenvalue weighted by Gasteiger charge is -2.13. The van der Waals surface area contributed by atoms with E-state index in [0.29, 0.717) is 29.5 Å². The maximum Gasteiger partial charge on any atom is 0.269 e. The Morgan fingerprint density at radius 3 is 2.07 bits per heavy atom. The first-order valence-corrected chi connectivity index (χ1v) is 10.1. The van der Waals surface area contributed by atoms with Gasteiger partial charge in [-0.3, -0.25) is 15.1 Å². The number of aliphatic imine (C=N–C) groups is 1. The van der Waals surface area contributed by atoms with Gasteiger partial charge in [0, 0.05) is 38.5 Å². The number of aryl methyl sites for hydroxylation is 1. The smallest absolute Gasteiger partial charge is 0.269 e. The minimum atomic E-state index is -3.23. The molecule has 10 heteroatoms.